The van der Waals surface area contributed by atoms with Gasteiger partial charge in [-0.1, -0.05) is 26.0 Å². The SMILES string of the molecule is CCC(CC)(CNCc1cc(C)c(O)c(C)c1)SC. The molecule has 0 atom stereocenters. The zero-order valence-corrected chi connectivity index (χ0v) is 13.7. The van der Waals surface area contributed by atoms with Gasteiger partial charge in [0.1, 0.15) is 5.75 Å². The highest BCUT2D eigenvalue weighted by Crippen LogP contribution is 2.29. The summed E-state index contributed by atoms with van der Waals surface area (Å²) in [6.45, 7) is 10.3. The van der Waals surface area contributed by atoms with Crippen molar-refractivity contribution >= 4 is 11.8 Å². The predicted octanol–water partition coefficient (Wildman–Crippen LogP) is 4.02. The first kappa shape index (κ1) is 16.4. The number of hydrogen-bond donors (Lipinski definition) is 2. The maximum Gasteiger partial charge on any atom is 0.121 e. The van der Waals surface area contributed by atoms with Crippen molar-refractivity contribution in [1.29, 1.82) is 0 Å². The minimum atomic E-state index is 0.348. The zero-order valence-electron chi connectivity index (χ0n) is 12.8. The molecule has 0 amide bonds. The molecule has 1 rings (SSSR count). The maximum absolute atomic E-state index is 9.78. The van der Waals surface area contributed by atoms with Crippen LogP contribution in [0.15, 0.2) is 12.1 Å². The van der Waals surface area contributed by atoms with Crippen molar-refractivity contribution in [3.05, 3.63) is 28.8 Å². The van der Waals surface area contributed by atoms with E-state index in [1.165, 1.54) is 18.4 Å². The number of nitrogens with one attached hydrogen (secondary N) is 1. The average Bonchev–Trinajstić information content (AvgIpc) is 2.41. The molecule has 1 aromatic rings. The Hall–Kier alpha value is -0.670. The number of rotatable bonds is 7. The van der Waals surface area contributed by atoms with E-state index in [1.807, 2.05) is 25.6 Å². The normalized spacial score (nSPS) is 11.8. The molecule has 1 aromatic carbocycles. The van der Waals surface area contributed by atoms with Crippen molar-refractivity contribution in [2.75, 3.05) is 12.8 Å². The van der Waals surface area contributed by atoms with E-state index in [2.05, 4.69) is 37.6 Å². The lowest BCUT2D eigenvalue weighted by molar-refractivity contribution is 0.465. The van der Waals surface area contributed by atoms with Gasteiger partial charge in [0.15, 0.2) is 0 Å². The molecule has 19 heavy (non-hydrogen) atoms. The molecule has 0 unspecified atom stereocenters. The van der Waals surface area contributed by atoms with Crippen molar-refractivity contribution in [3.8, 4) is 5.75 Å². The van der Waals surface area contributed by atoms with E-state index in [1.54, 1.807) is 0 Å². The number of aryl methyl sites for hydroxylation is 2. The fourth-order valence-electron chi connectivity index (χ4n) is 2.44. The Morgan fingerprint density at radius 2 is 1.68 bits per heavy atom. The minimum absolute atomic E-state index is 0.348. The first-order valence-corrected chi connectivity index (χ1v) is 8.25. The maximum atomic E-state index is 9.78. The second-order valence-corrected chi connectivity index (χ2v) is 6.55. The van der Waals surface area contributed by atoms with Crippen LogP contribution < -0.4 is 5.32 Å². The number of hydrogen-bond acceptors (Lipinski definition) is 3. The van der Waals surface area contributed by atoms with E-state index < -0.39 is 0 Å². The molecule has 0 aliphatic heterocycles. The molecule has 2 nitrogen and oxygen atoms in total. The molecule has 0 saturated heterocycles. The first-order valence-electron chi connectivity index (χ1n) is 7.03. The Bertz CT molecular complexity index is 382. The third-order valence-electron chi connectivity index (χ3n) is 4.05. The van der Waals surface area contributed by atoms with Crippen molar-refractivity contribution in [2.45, 2.75) is 51.8 Å². The van der Waals surface area contributed by atoms with Gasteiger partial charge in [0.05, 0.1) is 0 Å². The number of aromatic hydroxyl groups is 1. The molecule has 3 heteroatoms. The molecule has 2 N–H and O–H groups in total. The molecular formula is C16H27NOS. The standard InChI is InChI=1S/C16H27NOS/c1-6-16(7-2,19-5)11-17-10-14-8-12(3)15(18)13(4)9-14/h8-9,17-18H,6-7,10-11H2,1-5H3. The highest BCUT2D eigenvalue weighted by atomic mass is 32.2. The Morgan fingerprint density at radius 3 is 2.11 bits per heavy atom. The number of benzene rings is 1. The summed E-state index contributed by atoms with van der Waals surface area (Å²) in [7, 11) is 0. The Morgan fingerprint density at radius 1 is 1.16 bits per heavy atom. The fourth-order valence-corrected chi connectivity index (χ4v) is 3.27. The first-order chi connectivity index (χ1) is 8.98. The van der Waals surface area contributed by atoms with Gasteiger partial charge in [-0.05, 0) is 49.6 Å². The number of phenolic OH excluding ortho intramolecular Hbond substituents is 1. The summed E-state index contributed by atoms with van der Waals surface area (Å²) in [5.41, 5.74) is 3.16. The second kappa shape index (κ2) is 7.20. The van der Waals surface area contributed by atoms with E-state index in [9.17, 15) is 5.11 Å². The van der Waals surface area contributed by atoms with Gasteiger partial charge in [-0.3, -0.25) is 0 Å². The molecule has 0 bridgehead atoms. The summed E-state index contributed by atoms with van der Waals surface area (Å²) in [6.07, 6.45) is 4.57. The predicted molar refractivity (Wildman–Crippen MR) is 86.1 cm³/mol. The van der Waals surface area contributed by atoms with Gasteiger partial charge in [0.25, 0.3) is 0 Å². The largest absolute Gasteiger partial charge is 0.507 e. The van der Waals surface area contributed by atoms with Crippen LogP contribution in [0.3, 0.4) is 0 Å². The van der Waals surface area contributed by atoms with Gasteiger partial charge in [-0.25, -0.2) is 0 Å². The van der Waals surface area contributed by atoms with E-state index in [0.29, 0.717) is 10.5 Å². The quantitative estimate of drug-likeness (QED) is 0.791. The Kier molecular flexibility index (Phi) is 6.21. The lowest BCUT2D eigenvalue weighted by atomic mass is 10.0. The minimum Gasteiger partial charge on any atom is -0.507 e. The van der Waals surface area contributed by atoms with Gasteiger partial charge in [0.2, 0.25) is 0 Å². The monoisotopic (exact) mass is 281 g/mol. The lowest BCUT2D eigenvalue weighted by Gasteiger charge is -2.30. The summed E-state index contributed by atoms with van der Waals surface area (Å²) < 4.78 is 0.348. The van der Waals surface area contributed by atoms with Crippen molar-refractivity contribution in [1.82, 2.24) is 5.32 Å². The van der Waals surface area contributed by atoms with Crippen molar-refractivity contribution < 1.29 is 5.11 Å². The highest BCUT2D eigenvalue weighted by Gasteiger charge is 2.23. The molecule has 0 fully saturated rings. The van der Waals surface area contributed by atoms with Gasteiger partial charge < -0.3 is 10.4 Å². The molecule has 0 radical (unpaired) electrons. The summed E-state index contributed by atoms with van der Waals surface area (Å²) >= 11 is 1.96. The summed E-state index contributed by atoms with van der Waals surface area (Å²) in [4.78, 5) is 0. The van der Waals surface area contributed by atoms with Crippen LogP contribution in [0.4, 0.5) is 0 Å². The van der Waals surface area contributed by atoms with E-state index in [0.717, 1.165) is 24.2 Å². The molecule has 0 spiro atoms. The lowest BCUT2D eigenvalue weighted by Crippen LogP contribution is -2.36. The number of thioether (sulfide) groups is 1. The third-order valence-corrected chi connectivity index (χ3v) is 5.64. The highest BCUT2D eigenvalue weighted by molar-refractivity contribution is 8.00. The summed E-state index contributed by atoms with van der Waals surface area (Å²) in [6, 6.07) is 4.13. The van der Waals surface area contributed by atoms with E-state index in [-0.39, 0.29) is 0 Å². The van der Waals surface area contributed by atoms with Gasteiger partial charge in [0, 0.05) is 17.8 Å². The average molecular weight is 281 g/mol. The summed E-state index contributed by atoms with van der Waals surface area (Å²) in [5, 5.41) is 13.3. The molecule has 0 aromatic heterocycles. The van der Waals surface area contributed by atoms with Crippen LogP contribution in [0.25, 0.3) is 0 Å². The van der Waals surface area contributed by atoms with E-state index in [4.69, 9.17) is 0 Å². The van der Waals surface area contributed by atoms with Crippen LogP contribution in [0, 0.1) is 13.8 Å². The molecule has 108 valence electrons. The van der Waals surface area contributed by atoms with Crippen LogP contribution in [0.1, 0.15) is 43.4 Å². The number of phenols is 1. The van der Waals surface area contributed by atoms with Crippen molar-refractivity contribution in [3.63, 3.8) is 0 Å². The van der Waals surface area contributed by atoms with Crippen molar-refractivity contribution in [2.24, 2.45) is 0 Å². The van der Waals surface area contributed by atoms with Gasteiger partial charge in [-0.2, -0.15) is 11.8 Å². The molecule has 0 heterocycles. The third kappa shape index (κ3) is 4.15. The molecular weight excluding hydrogens is 254 g/mol. The van der Waals surface area contributed by atoms with Crippen LogP contribution in [-0.2, 0) is 6.54 Å². The van der Waals surface area contributed by atoms with Crippen LogP contribution in [0.2, 0.25) is 0 Å². The Labute approximate surface area is 122 Å². The molecule has 0 saturated carbocycles. The zero-order chi connectivity index (χ0) is 14.5. The summed E-state index contributed by atoms with van der Waals surface area (Å²) in [5.74, 6) is 0.421. The van der Waals surface area contributed by atoms with Gasteiger partial charge in [-0.15, -0.1) is 0 Å². The van der Waals surface area contributed by atoms with Crippen LogP contribution in [-0.4, -0.2) is 22.7 Å². The van der Waals surface area contributed by atoms with Crippen LogP contribution >= 0.6 is 11.8 Å². The topological polar surface area (TPSA) is 32.3 Å². The van der Waals surface area contributed by atoms with Gasteiger partial charge >= 0.3 is 0 Å². The second-order valence-electron chi connectivity index (χ2n) is 5.28. The smallest absolute Gasteiger partial charge is 0.121 e. The molecule has 0 aliphatic carbocycles. The molecule has 0 aliphatic rings. The van der Waals surface area contributed by atoms with E-state index >= 15 is 0 Å². The Balaban J connectivity index is 2.63. The fraction of sp³-hybridized carbons (Fsp3) is 0.625. The van der Waals surface area contributed by atoms with Crippen LogP contribution in [0.5, 0.6) is 5.75 Å².